The van der Waals surface area contributed by atoms with Crippen molar-refractivity contribution in [3.63, 3.8) is 0 Å². The van der Waals surface area contributed by atoms with Crippen LogP contribution in [0, 0.1) is 12.8 Å². The zero-order valence-corrected chi connectivity index (χ0v) is 16.0. The van der Waals surface area contributed by atoms with Crippen molar-refractivity contribution in [3.05, 3.63) is 59.7 Å². The number of pyridine rings is 1. The van der Waals surface area contributed by atoms with Crippen molar-refractivity contribution in [1.29, 1.82) is 0 Å². The van der Waals surface area contributed by atoms with Gasteiger partial charge in [0.25, 0.3) is 0 Å². The van der Waals surface area contributed by atoms with E-state index in [4.69, 9.17) is 9.72 Å². The van der Waals surface area contributed by atoms with Gasteiger partial charge in [0.2, 0.25) is 0 Å². The number of hydrogen-bond donors (Lipinski definition) is 1. The van der Waals surface area contributed by atoms with Crippen molar-refractivity contribution in [2.75, 3.05) is 18.5 Å². The van der Waals surface area contributed by atoms with Crippen LogP contribution in [0.15, 0.2) is 42.6 Å². The van der Waals surface area contributed by atoms with E-state index in [0.717, 1.165) is 48.7 Å². The lowest BCUT2D eigenvalue weighted by atomic mass is 9.93. The monoisotopic (exact) mass is 362 g/mol. The van der Waals surface area contributed by atoms with Gasteiger partial charge in [0, 0.05) is 35.7 Å². The summed E-state index contributed by atoms with van der Waals surface area (Å²) in [6.45, 7) is 5.65. The standard InChI is InChI=1S/C22H26N4O/c1-3-6-21-24-15(2)11-22(26-21)25-20-14-27-13-17(20)12-16-9-10-23-19-8-5-4-7-18(16)19/h4-5,7-11,17,20H,3,6,12-14H2,1-2H3,(H,24,25,26)/t17-,20-/m1/s1. The molecule has 0 aliphatic carbocycles. The molecule has 3 heterocycles. The molecule has 3 aromatic rings. The summed E-state index contributed by atoms with van der Waals surface area (Å²) in [7, 11) is 0. The lowest BCUT2D eigenvalue weighted by Gasteiger charge is -2.21. The third-order valence-corrected chi connectivity index (χ3v) is 5.13. The highest BCUT2D eigenvalue weighted by molar-refractivity contribution is 5.81. The maximum atomic E-state index is 5.81. The summed E-state index contributed by atoms with van der Waals surface area (Å²) >= 11 is 0. The molecule has 27 heavy (non-hydrogen) atoms. The molecule has 4 rings (SSSR count). The van der Waals surface area contributed by atoms with Crippen LogP contribution in [-0.4, -0.2) is 34.2 Å². The van der Waals surface area contributed by atoms with Crippen LogP contribution >= 0.6 is 0 Å². The molecule has 0 unspecified atom stereocenters. The number of aryl methyl sites for hydroxylation is 2. The van der Waals surface area contributed by atoms with E-state index < -0.39 is 0 Å². The predicted octanol–water partition coefficient (Wildman–Crippen LogP) is 3.96. The second-order valence-corrected chi connectivity index (χ2v) is 7.30. The fourth-order valence-corrected chi connectivity index (χ4v) is 3.80. The molecule has 2 atom stereocenters. The van der Waals surface area contributed by atoms with Crippen molar-refractivity contribution in [1.82, 2.24) is 15.0 Å². The lowest BCUT2D eigenvalue weighted by Crippen LogP contribution is -2.30. The molecule has 0 bridgehead atoms. The van der Waals surface area contributed by atoms with Gasteiger partial charge < -0.3 is 10.1 Å². The second kappa shape index (κ2) is 8.01. The molecular weight excluding hydrogens is 336 g/mol. The molecule has 5 heteroatoms. The Morgan fingerprint density at radius 1 is 1.15 bits per heavy atom. The van der Waals surface area contributed by atoms with E-state index in [1.54, 1.807) is 0 Å². The fraction of sp³-hybridized carbons (Fsp3) is 0.409. The van der Waals surface area contributed by atoms with Crippen LogP contribution in [0.5, 0.6) is 0 Å². The topological polar surface area (TPSA) is 59.9 Å². The third kappa shape index (κ3) is 4.08. The summed E-state index contributed by atoms with van der Waals surface area (Å²) in [4.78, 5) is 13.7. The molecule has 2 aromatic heterocycles. The minimum absolute atomic E-state index is 0.251. The quantitative estimate of drug-likeness (QED) is 0.719. The molecule has 1 saturated heterocycles. The number of fused-ring (bicyclic) bond motifs is 1. The Bertz CT molecular complexity index is 922. The van der Waals surface area contributed by atoms with Gasteiger partial charge in [-0.15, -0.1) is 0 Å². The van der Waals surface area contributed by atoms with E-state index in [0.29, 0.717) is 12.5 Å². The number of benzene rings is 1. The molecule has 1 aromatic carbocycles. The van der Waals surface area contributed by atoms with E-state index in [2.05, 4.69) is 46.5 Å². The fourth-order valence-electron chi connectivity index (χ4n) is 3.80. The number of aromatic nitrogens is 3. The summed E-state index contributed by atoms with van der Waals surface area (Å²) in [6.07, 6.45) is 4.82. The van der Waals surface area contributed by atoms with Crippen LogP contribution in [0.4, 0.5) is 5.82 Å². The smallest absolute Gasteiger partial charge is 0.130 e. The van der Waals surface area contributed by atoms with Crippen molar-refractivity contribution in [2.24, 2.45) is 5.92 Å². The third-order valence-electron chi connectivity index (χ3n) is 5.13. The van der Waals surface area contributed by atoms with Crippen LogP contribution < -0.4 is 5.32 Å². The maximum Gasteiger partial charge on any atom is 0.130 e. The molecule has 1 aliphatic rings. The molecule has 0 spiro atoms. The number of nitrogens with zero attached hydrogens (tertiary/aromatic N) is 3. The Kier molecular flexibility index (Phi) is 5.30. The highest BCUT2D eigenvalue weighted by atomic mass is 16.5. The van der Waals surface area contributed by atoms with Gasteiger partial charge in [-0.2, -0.15) is 0 Å². The number of para-hydroxylation sites is 1. The molecule has 140 valence electrons. The van der Waals surface area contributed by atoms with Gasteiger partial charge in [-0.3, -0.25) is 4.98 Å². The average molecular weight is 362 g/mol. The minimum Gasteiger partial charge on any atom is -0.379 e. The summed E-state index contributed by atoms with van der Waals surface area (Å²) in [5.74, 6) is 2.22. The Morgan fingerprint density at radius 3 is 2.93 bits per heavy atom. The highest BCUT2D eigenvalue weighted by Gasteiger charge is 2.29. The number of rotatable bonds is 6. The van der Waals surface area contributed by atoms with Gasteiger partial charge in [-0.05, 0) is 37.5 Å². The number of ether oxygens (including phenoxy) is 1. The van der Waals surface area contributed by atoms with Crippen LogP contribution in [0.2, 0.25) is 0 Å². The predicted molar refractivity (Wildman–Crippen MR) is 108 cm³/mol. The molecule has 1 fully saturated rings. The largest absolute Gasteiger partial charge is 0.379 e. The van der Waals surface area contributed by atoms with E-state index in [1.807, 2.05) is 25.3 Å². The Morgan fingerprint density at radius 2 is 2.04 bits per heavy atom. The van der Waals surface area contributed by atoms with Crippen LogP contribution in [0.25, 0.3) is 10.9 Å². The Hall–Kier alpha value is -2.53. The molecular formula is C22H26N4O. The number of anilines is 1. The summed E-state index contributed by atoms with van der Waals surface area (Å²) < 4.78 is 5.81. The first-order valence-corrected chi connectivity index (χ1v) is 9.74. The molecule has 0 radical (unpaired) electrons. The first-order chi connectivity index (χ1) is 13.2. The molecule has 1 N–H and O–H groups in total. The Labute approximate surface area is 160 Å². The van der Waals surface area contributed by atoms with Crippen LogP contribution in [-0.2, 0) is 17.6 Å². The number of nitrogens with one attached hydrogen (secondary N) is 1. The van der Waals surface area contributed by atoms with Gasteiger partial charge in [0.15, 0.2) is 0 Å². The van der Waals surface area contributed by atoms with Crippen molar-refractivity contribution in [3.8, 4) is 0 Å². The SMILES string of the molecule is CCCc1nc(C)cc(N[C@@H]2COC[C@H]2Cc2ccnc3ccccc23)n1. The maximum absolute atomic E-state index is 5.81. The average Bonchev–Trinajstić information content (AvgIpc) is 3.08. The van der Waals surface area contributed by atoms with E-state index >= 15 is 0 Å². The van der Waals surface area contributed by atoms with Crippen molar-refractivity contribution >= 4 is 16.7 Å². The first kappa shape index (κ1) is 17.9. The molecule has 5 nitrogen and oxygen atoms in total. The second-order valence-electron chi connectivity index (χ2n) is 7.30. The summed E-state index contributed by atoms with van der Waals surface area (Å²) in [5, 5.41) is 4.84. The van der Waals surface area contributed by atoms with Crippen LogP contribution in [0.3, 0.4) is 0 Å². The van der Waals surface area contributed by atoms with E-state index in [1.165, 1.54) is 10.9 Å². The normalized spacial score (nSPS) is 19.5. The first-order valence-electron chi connectivity index (χ1n) is 9.74. The number of hydrogen-bond acceptors (Lipinski definition) is 5. The molecule has 1 aliphatic heterocycles. The highest BCUT2D eigenvalue weighted by Crippen LogP contribution is 2.26. The van der Waals surface area contributed by atoms with Crippen molar-refractivity contribution < 1.29 is 4.74 Å². The van der Waals surface area contributed by atoms with Gasteiger partial charge in [-0.1, -0.05) is 25.1 Å². The molecule has 0 amide bonds. The summed E-state index contributed by atoms with van der Waals surface area (Å²) in [5.41, 5.74) is 3.38. The van der Waals surface area contributed by atoms with Gasteiger partial charge >= 0.3 is 0 Å². The lowest BCUT2D eigenvalue weighted by molar-refractivity contribution is 0.185. The van der Waals surface area contributed by atoms with Gasteiger partial charge in [-0.25, -0.2) is 9.97 Å². The van der Waals surface area contributed by atoms with Gasteiger partial charge in [0.1, 0.15) is 11.6 Å². The molecule has 0 saturated carbocycles. The van der Waals surface area contributed by atoms with Gasteiger partial charge in [0.05, 0.1) is 24.8 Å². The van der Waals surface area contributed by atoms with E-state index in [9.17, 15) is 0 Å². The van der Waals surface area contributed by atoms with E-state index in [-0.39, 0.29) is 6.04 Å². The summed E-state index contributed by atoms with van der Waals surface area (Å²) in [6, 6.07) is 12.7. The zero-order chi connectivity index (χ0) is 18.6. The van der Waals surface area contributed by atoms with Crippen LogP contribution in [0.1, 0.15) is 30.4 Å². The Balaban J connectivity index is 1.53. The van der Waals surface area contributed by atoms with Crippen molar-refractivity contribution in [2.45, 2.75) is 39.2 Å². The minimum atomic E-state index is 0.251. The zero-order valence-electron chi connectivity index (χ0n) is 16.0.